The van der Waals surface area contributed by atoms with Crippen molar-refractivity contribution in [3.63, 3.8) is 0 Å². The topological polar surface area (TPSA) is 59.3 Å². The second kappa shape index (κ2) is 6.12. The number of nitrogens with zero attached hydrogens (tertiary/aromatic N) is 1. The van der Waals surface area contributed by atoms with Crippen LogP contribution < -0.4 is 4.74 Å². The average molecular weight is 254 g/mol. The standard InChI is InChI=1S/C12H12ClNO3/c1-3-17-12(15)10-5-11(16-2)9(7-14)4-8(10)6-13/h4-5H,3,6H2,1-2H3. The van der Waals surface area contributed by atoms with Gasteiger partial charge in [-0.1, -0.05) is 0 Å². The molecule has 0 fully saturated rings. The summed E-state index contributed by atoms with van der Waals surface area (Å²) >= 11 is 5.74. The summed E-state index contributed by atoms with van der Waals surface area (Å²) in [5.74, 6) is 0.00247. The number of methoxy groups -OCH3 is 1. The van der Waals surface area contributed by atoms with Crippen molar-refractivity contribution in [1.82, 2.24) is 0 Å². The van der Waals surface area contributed by atoms with Gasteiger partial charge in [0.1, 0.15) is 11.8 Å². The van der Waals surface area contributed by atoms with Crippen LogP contribution in [0.3, 0.4) is 0 Å². The molecular formula is C12H12ClNO3. The Balaban J connectivity index is 3.29. The van der Waals surface area contributed by atoms with Crippen LogP contribution in [0.1, 0.15) is 28.4 Å². The number of ether oxygens (including phenoxy) is 2. The molecule has 5 heteroatoms. The maximum Gasteiger partial charge on any atom is 0.338 e. The first-order chi connectivity index (χ1) is 8.17. The van der Waals surface area contributed by atoms with Gasteiger partial charge in [0.15, 0.2) is 0 Å². The van der Waals surface area contributed by atoms with Crippen LogP contribution in [0.25, 0.3) is 0 Å². The quantitative estimate of drug-likeness (QED) is 0.611. The number of hydrogen-bond donors (Lipinski definition) is 0. The van der Waals surface area contributed by atoms with Crippen LogP contribution in [0.2, 0.25) is 0 Å². The molecule has 1 rings (SSSR count). The number of alkyl halides is 1. The molecule has 1 aromatic carbocycles. The van der Waals surface area contributed by atoms with E-state index in [1.807, 2.05) is 6.07 Å². The SMILES string of the molecule is CCOC(=O)c1cc(OC)c(C#N)cc1CCl. The molecule has 0 aliphatic rings. The van der Waals surface area contributed by atoms with E-state index in [2.05, 4.69) is 0 Å². The Bertz CT molecular complexity index is 466. The zero-order chi connectivity index (χ0) is 12.8. The highest BCUT2D eigenvalue weighted by atomic mass is 35.5. The lowest BCUT2D eigenvalue weighted by Gasteiger charge is -2.10. The smallest absolute Gasteiger partial charge is 0.338 e. The van der Waals surface area contributed by atoms with Gasteiger partial charge in [0.25, 0.3) is 0 Å². The number of rotatable bonds is 4. The van der Waals surface area contributed by atoms with E-state index in [1.54, 1.807) is 6.92 Å². The molecule has 1 aromatic rings. The third-order valence-electron chi connectivity index (χ3n) is 2.19. The molecule has 90 valence electrons. The fraction of sp³-hybridized carbons (Fsp3) is 0.333. The molecule has 0 bridgehead atoms. The fourth-order valence-corrected chi connectivity index (χ4v) is 1.61. The highest BCUT2D eigenvalue weighted by Gasteiger charge is 2.16. The van der Waals surface area contributed by atoms with Crippen LogP contribution in [-0.4, -0.2) is 19.7 Å². The van der Waals surface area contributed by atoms with Gasteiger partial charge in [0.05, 0.1) is 24.8 Å². The summed E-state index contributed by atoms with van der Waals surface area (Å²) in [5, 5.41) is 8.91. The molecule has 0 saturated heterocycles. The maximum absolute atomic E-state index is 11.7. The van der Waals surface area contributed by atoms with Gasteiger partial charge in [-0.2, -0.15) is 5.26 Å². The van der Waals surface area contributed by atoms with Gasteiger partial charge in [-0.15, -0.1) is 11.6 Å². The van der Waals surface area contributed by atoms with Crippen molar-refractivity contribution < 1.29 is 14.3 Å². The molecule has 0 heterocycles. The molecule has 0 atom stereocenters. The fourth-order valence-electron chi connectivity index (χ4n) is 1.39. The van der Waals surface area contributed by atoms with E-state index in [1.165, 1.54) is 19.2 Å². The van der Waals surface area contributed by atoms with E-state index in [0.717, 1.165) is 0 Å². The normalized spacial score (nSPS) is 9.53. The first-order valence-corrected chi connectivity index (χ1v) is 5.55. The van der Waals surface area contributed by atoms with Crippen LogP contribution in [0, 0.1) is 11.3 Å². The van der Waals surface area contributed by atoms with Gasteiger partial charge >= 0.3 is 5.97 Å². The zero-order valence-corrected chi connectivity index (χ0v) is 10.4. The minimum Gasteiger partial charge on any atom is -0.495 e. The van der Waals surface area contributed by atoms with Crippen molar-refractivity contribution >= 4 is 17.6 Å². The molecule has 0 N–H and O–H groups in total. The highest BCUT2D eigenvalue weighted by molar-refractivity contribution is 6.17. The summed E-state index contributed by atoms with van der Waals surface area (Å²) in [6, 6.07) is 5.00. The van der Waals surface area contributed by atoms with Gasteiger partial charge in [0.2, 0.25) is 0 Å². The molecule has 0 spiro atoms. The van der Waals surface area contributed by atoms with Gasteiger partial charge < -0.3 is 9.47 Å². The van der Waals surface area contributed by atoms with Crippen molar-refractivity contribution in [2.45, 2.75) is 12.8 Å². The van der Waals surface area contributed by atoms with E-state index in [0.29, 0.717) is 22.4 Å². The Morgan fingerprint density at radius 2 is 2.24 bits per heavy atom. The van der Waals surface area contributed by atoms with E-state index in [-0.39, 0.29) is 12.5 Å². The Morgan fingerprint density at radius 1 is 1.53 bits per heavy atom. The molecule has 0 radical (unpaired) electrons. The first-order valence-electron chi connectivity index (χ1n) is 5.02. The summed E-state index contributed by atoms with van der Waals surface area (Å²) in [6.07, 6.45) is 0. The van der Waals surface area contributed by atoms with Crippen LogP contribution >= 0.6 is 11.6 Å². The lowest BCUT2D eigenvalue weighted by Crippen LogP contribution is -2.08. The average Bonchev–Trinajstić information content (AvgIpc) is 2.37. The predicted molar refractivity (Wildman–Crippen MR) is 63.2 cm³/mol. The molecule has 0 unspecified atom stereocenters. The van der Waals surface area contributed by atoms with E-state index >= 15 is 0 Å². The molecule has 0 aromatic heterocycles. The number of carbonyl (C=O) groups excluding carboxylic acids is 1. The summed E-state index contributed by atoms with van der Waals surface area (Å²) in [4.78, 5) is 11.7. The van der Waals surface area contributed by atoms with Crippen molar-refractivity contribution in [2.75, 3.05) is 13.7 Å². The van der Waals surface area contributed by atoms with Crippen molar-refractivity contribution in [2.24, 2.45) is 0 Å². The second-order valence-corrected chi connectivity index (χ2v) is 3.44. The van der Waals surface area contributed by atoms with Gasteiger partial charge in [-0.3, -0.25) is 0 Å². The van der Waals surface area contributed by atoms with Gasteiger partial charge in [0, 0.05) is 5.88 Å². The number of halogens is 1. The minimum absolute atomic E-state index is 0.132. The Labute approximate surface area is 105 Å². The number of nitriles is 1. The molecule has 0 aliphatic heterocycles. The molecular weight excluding hydrogens is 242 g/mol. The highest BCUT2D eigenvalue weighted by Crippen LogP contribution is 2.25. The van der Waals surface area contributed by atoms with Crippen molar-refractivity contribution in [3.8, 4) is 11.8 Å². The van der Waals surface area contributed by atoms with Crippen LogP contribution in [-0.2, 0) is 10.6 Å². The summed E-state index contributed by atoms with van der Waals surface area (Å²) < 4.78 is 9.94. The minimum atomic E-state index is -0.467. The van der Waals surface area contributed by atoms with Crippen molar-refractivity contribution in [3.05, 3.63) is 28.8 Å². The van der Waals surface area contributed by atoms with Crippen LogP contribution in [0.15, 0.2) is 12.1 Å². The number of carbonyl (C=O) groups is 1. The van der Waals surface area contributed by atoms with E-state index < -0.39 is 5.97 Å². The Morgan fingerprint density at radius 3 is 2.71 bits per heavy atom. The number of benzene rings is 1. The van der Waals surface area contributed by atoms with Crippen LogP contribution in [0.4, 0.5) is 0 Å². The summed E-state index contributed by atoms with van der Waals surface area (Å²) in [6.45, 7) is 2.00. The monoisotopic (exact) mass is 253 g/mol. The molecule has 4 nitrogen and oxygen atoms in total. The number of hydrogen-bond acceptors (Lipinski definition) is 4. The molecule has 0 saturated carbocycles. The van der Waals surface area contributed by atoms with Crippen molar-refractivity contribution in [1.29, 1.82) is 5.26 Å². The van der Waals surface area contributed by atoms with Gasteiger partial charge in [-0.25, -0.2) is 4.79 Å². The predicted octanol–water partition coefficient (Wildman–Crippen LogP) is 2.48. The van der Waals surface area contributed by atoms with E-state index in [4.69, 9.17) is 26.3 Å². The first kappa shape index (κ1) is 13.3. The van der Waals surface area contributed by atoms with E-state index in [9.17, 15) is 4.79 Å². The zero-order valence-electron chi connectivity index (χ0n) is 9.62. The Kier molecular flexibility index (Phi) is 4.80. The lowest BCUT2D eigenvalue weighted by molar-refractivity contribution is 0.0525. The van der Waals surface area contributed by atoms with Gasteiger partial charge in [-0.05, 0) is 24.6 Å². The molecule has 0 amide bonds. The maximum atomic E-state index is 11.7. The molecule has 17 heavy (non-hydrogen) atoms. The summed E-state index contributed by atoms with van der Waals surface area (Å²) in [5.41, 5.74) is 1.23. The molecule has 0 aliphatic carbocycles. The number of esters is 1. The lowest BCUT2D eigenvalue weighted by atomic mass is 10.0. The Hall–Kier alpha value is -1.73. The third-order valence-corrected chi connectivity index (χ3v) is 2.47. The largest absolute Gasteiger partial charge is 0.495 e. The second-order valence-electron chi connectivity index (χ2n) is 3.18. The van der Waals surface area contributed by atoms with Crippen LogP contribution in [0.5, 0.6) is 5.75 Å². The summed E-state index contributed by atoms with van der Waals surface area (Å²) in [7, 11) is 1.44. The third kappa shape index (κ3) is 2.89.